The highest BCUT2D eigenvalue weighted by molar-refractivity contribution is 7.89. The van der Waals surface area contributed by atoms with Crippen molar-refractivity contribution in [2.24, 2.45) is 0 Å². The molecule has 1 aromatic heterocycles. The van der Waals surface area contributed by atoms with E-state index in [1.54, 1.807) is 0 Å². The molecule has 23 heavy (non-hydrogen) atoms. The molecular formula is C14H13N3O5S. The normalized spacial score (nSPS) is 15.4. The molecule has 0 saturated carbocycles. The Balaban J connectivity index is 1.76. The van der Waals surface area contributed by atoms with Gasteiger partial charge in [0.15, 0.2) is 6.39 Å². The van der Waals surface area contributed by atoms with Crippen LogP contribution in [-0.4, -0.2) is 25.2 Å². The molecule has 0 unspecified atom stereocenters. The molecule has 1 N–H and O–H groups in total. The molecule has 8 nitrogen and oxygen atoms in total. The summed E-state index contributed by atoms with van der Waals surface area (Å²) in [6.07, 6.45) is 2.91. The van der Waals surface area contributed by atoms with Gasteiger partial charge in [-0.05, 0) is 24.3 Å². The Morgan fingerprint density at radius 3 is 2.35 bits per heavy atom. The number of imide groups is 1. The first-order chi connectivity index (χ1) is 11.0. The molecule has 3 rings (SSSR count). The number of amides is 2. The van der Waals surface area contributed by atoms with Crippen LogP contribution in [0, 0.1) is 0 Å². The third-order valence-corrected chi connectivity index (χ3v) is 4.80. The summed E-state index contributed by atoms with van der Waals surface area (Å²) >= 11 is 0. The van der Waals surface area contributed by atoms with Gasteiger partial charge in [-0.25, -0.2) is 18.1 Å². The van der Waals surface area contributed by atoms with E-state index in [-0.39, 0.29) is 36.1 Å². The van der Waals surface area contributed by atoms with Crippen LogP contribution >= 0.6 is 0 Å². The third kappa shape index (κ3) is 3.15. The number of hydrogen-bond acceptors (Lipinski definition) is 6. The van der Waals surface area contributed by atoms with E-state index < -0.39 is 10.0 Å². The molecule has 0 aliphatic carbocycles. The van der Waals surface area contributed by atoms with Crippen molar-refractivity contribution in [2.75, 3.05) is 4.90 Å². The number of benzene rings is 1. The Morgan fingerprint density at radius 1 is 1.13 bits per heavy atom. The molecule has 120 valence electrons. The number of sulfonamides is 1. The van der Waals surface area contributed by atoms with Crippen molar-refractivity contribution in [3.8, 4) is 0 Å². The van der Waals surface area contributed by atoms with Crippen molar-refractivity contribution in [3.05, 3.63) is 42.6 Å². The summed E-state index contributed by atoms with van der Waals surface area (Å²) in [5, 5.41) is 0. The molecule has 2 aromatic rings. The van der Waals surface area contributed by atoms with Crippen LogP contribution in [0.5, 0.6) is 0 Å². The van der Waals surface area contributed by atoms with Gasteiger partial charge in [0.2, 0.25) is 21.8 Å². The highest BCUT2D eigenvalue weighted by Gasteiger charge is 2.30. The lowest BCUT2D eigenvalue weighted by Crippen LogP contribution is -2.28. The first-order valence-electron chi connectivity index (χ1n) is 6.80. The van der Waals surface area contributed by atoms with Crippen LogP contribution in [0.1, 0.15) is 18.5 Å². The molecule has 0 bridgehead atoms. The number of carbonyl (C=O) groups is 2. The summed E-state index contributed by atoms with van der Waals surface area (Å²) in [5.41, 5.74) is 0.825. The molecule has 1 aliphatic heterocycles. The maximum atomic E-state index is 12.2. The van der Waals surface area contributed by atoms with Crippen LogP contribution < -0.4 is 9.62 Å². The van der Waals surface area contributed by atoms with E-state index >= 15 is 0 Å². The minimum atomic E-state index is -3.72. The highest BCUT2D eigenvalue weighted by atomic mass is 32.2. The van der Waals surface area contributed by atoms with Crippen molar-refractivity contribution in [1.82, 2.24) is 9.71 Å². The Morgan fingerprint density at radius 2 is 1.78 bits per heavy atom. The molecule has 1 aromatic carbocycles. The molecule has 0 radical (unpaired) electrons. The molecule has 1 saturated heterocycles. The van der Waals surface area contributed by atoms with Gasteiger partial charge in [0, 0.05) is 12.8 Å². The fraction of sp³-hybridized carbons (Fsp3) is 0.214. The standard InChI is InChI=1S/C14H13N3O5S/c18-13-5-6-14(19)17(13)11-1-3-12(4-2-11)23(20,21)16-7-10-8-22-9-15-10/h1-4,8-9,16H,5-7H2. The van der Waals surface area contributed by atoms with E-state index in [4.69, 9.17) is 4.42 Å². The number of hydrogen-bond donors (Lipinski definition) is 1. The monoisotopic (exact) mass is 335 g/mol. The summed E-state index contributed by atoms with van der Waals surface area (Å²) in [6, 6.07) is 5.57. The van der Waals surface area contributed by atoms with Gasteiger partial charge >= 0.3 is 0 Å². The second-order valence-electron chi connectivity index (χ2n) is 4.92. The van der Waals surface area contributed by atoms with Gasteiger partial charge < -0.3 is 4.42 Å². The van der Waals surface area contributed by atoms with Crippen molar-refractivity contribution in [3.63, 3.8) is 0 Å². The number of anilines is 1. The SMILES string of the molecule is O=C1CCC(=O)N1c1ccc(S(=O)(=O)NCc2cocn2)cc1. The van der Waals surface area contributed by atoms with Crippen molar-refractivity contribution >= 4 is 27.5 Å². The number of carbonyl (C=O) groups excluding carboxylic acids is 2. The zero-order chi connectivity index (χ0) is 16.4. The van der Waals surface area contributed by atoms with Gasteiger partial charge in [-0.15, -0.1) is 0 Å². The Bertz CT molecular complexity index is 812. The summed E-state index contributed by atoms with van der Waals surface area (Å²) < 4.78 is 31.5. The Labute approximate surface area is 132 Å². The van der Waals surface area contributed by atoms with E-state index in [9.17, 15) is 18.0 Å². The first kappa shape index (κ1) is 15.4. The zero-order valence-electron chi connectivity index (χ0n) is 11.9. The highest BCUT2D eigenvalue weighted by Crippen LogP contribution is 2.23. The van der Waals surface area contributed by atoms with Crippen molar-refractivity contribution in [1.29, 1.82) is 0 Å². The second kappa shape index (κ2) is 5.94. The molecule has 0 atom stereocenters. The Kier molecular flexibility index (Phi) is 3.97. The van der Waals surface area contributed by atoms with Crippen LogP contribution in [0.3, 0.4) is 0 Å². The van der Waals surface area contributed by atoms with E-state index in [2.05, 4.69) is 9.71 Å². The van der Waals surface area contributed by atoms with Crippen LogP contribution in [0.15, 0.2) is 46.2 Å². The first-order valence-corrected chi connectivity index (χ1v) is 8.28. The van der Waals surface area contributed by atoms with Gasteiger partial charge in [0.05, 0.1) is 22.8 Å². The minimum Gasteiger partial charge on any atom is -0.451 e. The lowest BCUT2D eigenvalue weighted by Gasteiger charge is -2.14. The van der Waals surface area contributed by atoms with Crippen LogP contribution in [0.4, 0.5) is 5.69 Å². The average Bonchev–Trinajstić information content (AvgIpc) is 3.16. The zero-order valence-corrected chi connectivity index (χ0v) is 12.7. The molecule has 2 amide bonds. The third-order valence-electron chi connectivity index (χ3n) is 3.38. The van der Waals surface area contributed by atoms with E-state index in [0.29, 0.717) is 11.4 Å². The lowest BCUT2D eigenvalue weighted by atomic mass is 10.3. The van der Waals surface area contributed by atoms with Gasteiger partial charge in [-0.1, -0.05) is 0 Å². The molecule has 2 heterocycles. The van der Waals surface area contributed by atoms with Gasteiger partial charge in [-0.3, -0.25) is 14.5 Å². The molecule has 1 aliphatic rings. The van der Waals surface area contributed by atoms with Gasteiger partial charge in [0.25, 0.3) is 0 Å². The van der Waals surface area contributed by atoms with Crippen molar-refractivity contribution in [2.45, 2.75) is 24.3 Å². The number of nitrogens with zero attached hydrogens (tertiary/aromatic N) is 2. The Hall–Kier alpha value is -2.52. The smallest absolute Gasteiger partial charge is 0.240 e. The number of rotatable bonds is 5. The molecule has 1 fully saturated rings. The lowest BCUT2D eigenvalue weighted by molar-refractivity contribution is -0.121. The summed E-state index contributed by atoms with van der Waals surface area (Å²) in [6.45, 7) is 0.00365. The molecule has 0 spiro atoms. The van der Waals surface area contributed by atoms with Crippen molar-refractivity contribution < 1.29 is 22.4 Å². The average molecular weight is 335 g/mol. The van der Waals surface area contributed by atoms with Gasteiger partial charge in [0.1, 0.15) is 6.26 Å². The predicted molar refractivity (Wildman–Crippen MR) is 78.7 cm³/mol. The largest absolute Gasteiger partial charge is 0.451 e. The maximum absolute atomic E-state index is 12.2. The maximum Gasteiger partial charge on any atom is 0.240 e. The van der Waals surface area contributed by atoms with Crippen LogP contribution in [0.25, 0.3) is 0 Å². The topological polar surface area (TPSA) is 110 Å². The minimum absolute atomic E-state index is 0.00365. The van der Waals surface area contributed by atoms with E-state index in [1.807, 2.05) is 0 Å². The molecule has 9 heteroatoms. The van der Waals surface area contributed by atoms with Crippen LogP contribution in [0.2, 0.25) is 0 Å². The second-order valence-corrected chi connectivity index (χ2v) is 6.69. The predicted octanol–water partition coefficient (Wildman–Crippen LogP) is 0.806. The summed E-state index contributed by atoms with van der Waals surface area (Å²) in [5.74, 6) is -0.565. The van der Waals surface area contributed by atoms with Gasteiger partial charge in [-0.2, -0.15) is 0 Å². The summed E-state index contributed by atoms with van der Waals surface area (Å²) in [4.78, 5) is 28.2. The van der Waals surface area contributed by atoms with E-state index in [1.165, 1.54) is 36.9 Å². The molecular weight excluding hydrogens is 322 g/mol. The fourth-order valence-electron chi connectivity index (χ4n) is 2.22. The van der Waals surface area contributed by atoms with E-state index in [0.717, 1.165) is 4.90 Å². The number of oxazole rings is 1. The number of aromatic nitrogens is 1. The quantitative estimate of drug-likeness (QED) is 0.810. The summed E-state index contributed by atoms with van der Waals surface area (Å²) in [7, 11) is -3.72. The number of nitrogens with one attached hydrogen (secondary N) is 1. The van der Waals surface area contributed by atoms with Crippen LogP contribution in [-0.2, 0) is 26.2 Å². The fourth-order valence-corrected chi connectivity index (χ4v) is 3.21.